The molecule has 0 atom stereocenters. The number of nitrogens with zero attached hydrogens (tertiary/aromatic N) is 3. The summed E-state index contributed by atoms with van der Waals surface area (Å²) in [5, 5.41) is 1.10. The van der Waals surface area contributed by atoms with E-state index in [0.717, 1.165) is 28.1 Å². The van der Waals surface area contributed by atoms with E-state index in [4.69, 9.17) is 9.97 Å². The van der Waals surface area contributed by atoms with Crippen molar-refractivity contribution in [2.45, 2.75) is 27.7 Å². The van der Waals surface area contributed by atoms with E-state index in [1.54, 1.807) is 0 Å². The van der Waals surface area contributed by atoms with Crippen molar-refractivity contribution < 1.29 is 0 Å². The van der Waals surface area contributed by atoms with Gasteiger partial charge in [-0.3, -0.25) is 0 Å². The summed E-state index contributed by atoms with van der Waals surface area (Å²) < 4.78 is 2.19. The second-order valence-electron chi connectivity index (χ2n) is 6.67. The lowest BCUT2D eigenvalue weighted by molar-refractivity contribution is 1.04. The maximum atomic E-state index is 4.90. The lowest BCUT2D eigenvalue weighted by Gasteiger charge is -2.14. The Labute approximate surface area is 148 Å². The van der Waals surface area contributed by atoms with Crippen LogP contribution in [-0.2, 0) is 0 Å². The van der Waals surface area contributed by atoms with E-state index in [0.29, 0.717) is 0 Å². The minimum absolute atomic E-state index is 0.771. The molecule has 0 amide bonds. The van der Waals surface area contributed by atoms with Crippen molar-refractivity contribution >= 4 is 11.0 Å². The van der Waals surface area contributed by atoms with E-state index in [1.165, 1.54) is 22.4 Å². The van der Waals surface area contributed by atoms with E-state index in [2.05, 4.69) is 68.8 Å². The first-order chi connectivity index (χ1) is 12.0. The average Bonchev–Trinajstić information content (AvgIpc) is 2.99. The Hall–Kier alpha value is -2.94. The molecule has 0 spiro atoms. The van der Waals surface area contributed by atoms with Gasteiger partial charge in [-0.15, -0.1) is 0 Å². The van der Waals surface area contributed by atoms with Gasteiger partial charge >= 0.3 is 0 Å². The number of aromatic nitrogens is 3. The molecule has 0 N–H and O–H groups in total. The van der Waals surface area contributed by atoms with Gasteiger partial charge in [-0.05, 0) is 44.9 Å². The van der Waals surface area contributed by atoms with Crippen molar-refractivity contribution in [3.63, 3.8) is 0 Å². The Morgan fingerprint density at radius 2 is 1.48 bits per heavy atom. The summed E-state index contributed by atoms with van der Waals surface area (Å²) in [5.41, 5.74) is 8.01. The van der Waals surface area contributed by atoms with E-state index >= 15 is 0 Å². The topological polar surface area (TPSA) is 30.7 Å². The molecule has 2 aromatic carbocycles. The van der Waals surface area contributed by atoms with Crippen LogP contribution in [0.5, 0.6) is 0 Å². The highest BCUT2D eigenvalue weighted by molar-refractivity contribution is 5.83. The largest absolute Gasteiger partial charge is 0.301 e. The summed E-state index contributed by atoms with van der Waals surface area (Å²) >= 11 is 0. The zero-order valence-corrected chi connectivity index (χ0v) is 15.0. The Morgan fingerprint density at radius 3 is 2.16 bits per heavy atom. The Bertz CT molecular complexity index is 1050. The Morgan fingerprint density at radius 1 is 0.800 bits per heavy atom. The standard InChI is InChI=1S/C22H21N3/c1-14-12-15(2)20(16(3)13-14)25-11-10-19-17(4)23-21(24-22(19)25)18-8-6-5-7-9-18/h5-13H,1-4H3. The summed E-state index contributed by atoms with van der Waals surface area (Å²) in [5.74, 6) is 0.771. The number of hydrogen-bond acceptors (Lipinski definition) is 2. The van der Waals surface area contributed by atoms with Crippen LogP contribution >= 0.6 is 0 Å². The van der Waals surface area contributed by atoms with Gasteiger partial charge in [0.05, 0.1) is 11.4 Å². The molecular weight excluding hydrogens is 306 g/mol. The van der Waals surface area contributed by atoms with Crippen LogP contribution in [-0.4, -0.2) is 14.5 Å². The van der Waals surface area contributed by atoms with E-state index in [9.17, 15) is 0 Å². The lowest BCUT2D eigenvalue weighted by Crippen LogP contribution is -2.02. The number of benzene rings is 2. The fourth-order valence-electron chi connectivity index (χ4n) is 3.61. The smallest absolute Gasteiger partial charge is 0.161 e. The maximum Gasteiger partial charge on any atom is 0.161 e. The van der Waals surface area contributed by atoms with Gasteiger partial charge in [0.25, 0.3) is 0 Å². The van der Waals surface area contributed by atoms with Gasteiger partial charge in [0.1, 0.15) is 5.65 Å². The molecule has 3 heteroatoms. The summed E-state index contributed by atoms with van der Waals surface area (Å²) in [6.45, 7) is 8.51. The van der Waals surface area contributed by atoms with Crippen LogP contribution in [0, 0.1) is 27.7 Å². The molecule has 0 saturated heterocycles. The molecule has 0 aliphatic carbocycles. The predicted octanol–water partition coefficient (Wildman–Crippen LogP) is 5.32. The van der Waals surface area contributed by atoms with E-state index in [1.807, 2.05) is 18.2 Å². The molecule has 2 heterocycles. The fourth-order valence-corrected chi connectivity index (χ4v) is 3.61. The van der Waals surface area contributed by atoms with Crippen LogP contribution in [0.15, 0.2) is 54.7 Å². The lowest BCUT2D eigenvalue weighted by atomic mass is 10.1. The normalized spacial score (nSPS) is 11.2. The first-order valence-corrected chi connectivity index (χ1v) is 8.54. The highest BCUT2D eigenvalue weighted by Gasteiger charge is 2.14. The van der Waals surface area contributed by atoms with Crippen molar-refractivity contribution in [3.05, 3.63) is 77.1 Å². The van der Waals surface area contributed by atoms with Gasteiger partial charge in [-0.2, -0.15) is 0 Å². The predicted molar refractivity (Wildman–Crippen MR) is 103 cm³/mol. The maximum absolute atomic E-state index is 4.90. The molecular formula is C22H21N3. The third-order valence-corrected chi connectivity index (χ3v) is 4.64. The Balaban J connectivity index is 2.00. The van der Waals surface area contributed by atoms with Gasteiger partial charge in [0.15, 0.2) is 5.82 Å². The van der Waals surface area contributed by atoms with Crippen molar-refractivity contribution in [1.29, 1.82) is 0 Å². The quantitative estimate of drug-likeness (QED) is 0.499. The monoisotopic (exact) mass is 327 g/mol. The molecule has 0 unspecified atom stereocenters. The van der Waals surface area contributed by atoms with Crippen molar-refractivity contribution in [1.82, 2.24) is 14.5 Å². The van der Waals surface area contributed by atoms with E-state index in [-0.39, 0.29) is 0 Å². The van der Waals surface area contributed by atoms with Crippen molar-refractivity contribution in [2.24, 2.45) is 0 Å². The van der Waals surface area contributed by atoms with Crippen LogP contribution in [0.4, 0.5) is 0 Å². The number of rotatable bonds is 2. The molecule has 0 aliphatic rings. The third kappa shape index (κ3) is 2.62. The van der Waals surface area contributed by atoms with Crippen LogP contribution in [0.25, 0.3) is 28.1 Å². The second kappa shape index (κ2) is 5.85. The number of hydrogen-bond donors (Lipinski definition) is 0. The fraction of sp³-hybridized carbons (Fsp3) is 0.182. The van der Waals surface area contributed by atoms with Crippen molar-refractivity contribution in [3.8, 4) is 17.1 Å². The van der Waals surface area contributed by atoms with Crippen LogP contribution in [0.1, 0.15) is 22.4 Å². The van der Waals surface area contributed by atoms with Gasteiger partial charge < -0.3 is 4.57 Å². The summed E-state index contributed by atoms with van der Waals surface area (Å²) in [7, 11) is 0. The molecule has 3 nitrogen and oxygen atoms in total. The SMILES string of the molecule is Cc1cc(C)c(-n2ccc3c(C)nc(-c4ccccc4)nc32)c(C)c1. The van der Waals surface area contributed by atoms with Crippen molar-refractivity contribution in [2.75, 3.05) is 0 Å². The molecule has 0 bridgehead atoms. The highest BCUT2D eigenvalue weighted by Crippen LogP contribution is 2.28. The first-order valence-electron chi connectivity index (χ1n) is 8.54. The zero-order valence-electron chi connectivity index (χ0n) is 15.0. The van der Waals surface area contributed by atoms with Gasteiger partial charge in [0.2, 0.25) is 0 Å². The Kier molecular flexibility index (Phi) is 3.65. The molecule has 4 rings (SSSR count). The van der Waals surface area contributed by atoms with Crippen LogP contribution < -0.4 is 0 Å². The van der Waals surface area contributed by atoms with Crippen LogP contribution in [0.3, 0.4) is 0 Å². The molecule has 25 heavy (non-hydrogen) atoms. The van der Waals surface area contributed by atoms with E-state index < -0.39 is 0 Å². The molecule has 0 radical (unpaired) electrons. The summed E-state index contributed by atoms with van der Waals surface area (Å²) in [6.07, 6.45) is 2.10. The number of aryl methyl sites for hydroxylation is 4. The molecule has 124 valence electrons. The molecule has 4 aromatic rings. The first kappa shape index (κ1) is 15.6. The molecule has 2 aromatic heterocycles. The average molecular weight is 327 g/mol. The highest BCUT2D eigenvalue weighted by atomic mass is 15.1. The molecule has 0 aliphatic heterocycles. The minimum atomic E-state index is 0.771. The summed E-state index contributed by atoms with van der Waals surface area (Å²) in [4.78, 5) is 9.61. The van der Waals surface area contributed by atoms with Gasteiger partial charge in [-0.25, -0.2) is 9.97 Å². The number of fused-ring (bicyclic) bond motifs is 1. The summed E-state index contributed by atoms with van der Waals surface area (Å²) in [6, 6.07) is 16.7. The zero-order chi connectivity index (χ0) is 17.6. The minimum Gasteiger partial charge on any atom is -0.301 e. The third-order valence-electron chi connectivity index (χ3n) is 4.64. The molecule has 0 fully saturated rings. The van der Waals surface area contributed by atoms with Gasteiger partial charge in [-0.1, -0.05) is 48.0 Å². The van der Waals surface area contributed by atoms with Gasteiger partial charge in [0, 0.05) is 17.1 Å². The second-order valence-corrected chi connectivity index (χ2v) is 6.67. The van der Waals surface area contributed by atoms with Crippen LogP contribution in [0.2, 0.25) is 0 Å². The molecule has 0 saturated carbocycles.